The number of rotatable bonds is 10. The van der Waals surface area contributed by atoms with Crippen molar-refractivity contribution in [1.82, 2.24) is 15.0 Å². The lowest BCUT2D eigenvalue weighted by atomic mass is 10.1. The Bertz CT molecular complexity index is 2080. The number of aromatic nitrogens is 3. The van der Waals surface area contributed by atoms with Crippen LogP contribution < -0.4 is 34.9 Å². The van der Waals surface area contributed by atoms with E-state index in [1.54, 1.807) is 100 Å². The van der Waals surface area contributed by atoms with Gasteiger partial charge in [0.25, 0.3) is 0 Å². The van der Waals surface area contributed by atoms with Crippen LogP contribution in [0.1, 0.15) is 22.3 Å². The summed E-state index contributed by atoms with van der Waals surface area (Å²) in [4.78, 5) is 13.1. The van der Waals surface area contributed by atoms with Crippen LogP contribution in [-0.4, -0.2) is 29.2 Å². The third-order valence-corrected chi connectivity index (χ3v) is 11.2. The molecule has 8 nitrogen and oxygen atoms in total. The quantitative estimate of drug-likeness (QED) is 0.132. The van der Waals surface area contributed by atoms with E-state index in [1.165, 1.54) is 20.3 Å². The number of hydrogen-bond donors (Lipinski definition) is 0. The fraction of sp³-hybridized carbons (Fsp3) is 0.154. The first-order valence-corrected chi connectivity index (χ1v) is 17.4. The first-order chi connectivity index (χ1) is 24.0. The molecule has 50 heavy (non-hydrogen) atoms. The van der Waals surface area contributed by atoms with Crippen LogP contribution in [0.3, 0.4) is 0 Å². The van der Waals surface area contributed by atoms with Gasteiger partial charge in [0, 0.05) is 10.6 Å². The maximum Gasteiger partial charge on any atom is 0.328 e. The summed E-state index contributed by atoms with van der Waals surface area (Å²) in [7, 11) is -1.22. The van der Waals surface area contributed by atoms with Gasteiger partial charge in [-0.3, -0.25) is 0 Å². The van der Waals surface area contributed by atoms with Gasteiger partial charge >= 0.3 is 12.0 Å². The monoisotopic (exact) mass is 693 g/mol. The summed E-state index contributed by atoms with van der Waals surface area (Å²) in [6.45, 7) is 7.17. The molecule has 0 aliphatic heterocycles. The molecule has 0 amide bonds. The van der Waals surface area contributed by atoms with Gasteiger partial charge in [0.05, 0.1) is 25.1 Å². The molecule has 0 saturated carbocycles. The van der Waals surface area contributed by atoms with Gasteiger partial charge in [-0.25, -0.2) is 8.78 Å². The zero-order chi connectivity index (χ0) is 35.6. The molecule has 0 saturated heterocycles. The largest absolute Gasteiger partial charge is 0.496 e. The Morgan fingerprint density at radius 3 is 1.40 bits per heavy atom. The third-order valence-electron chi connectivity index (χ3n) is 8.15. The Hall–Kier alpha value is -5.60. The standard InChI is InChI=1S/C39H34F2N3O5P/c1-23-19-29(20-24(2)34(23)46-5)50(45,30-21-25(3)35(47-6)26(4)22-30)36-32(40)18-17-31(33(36)41)37-42-38(48-27-13-9-7-10-14-27)44-39(43-37)49-28-15-11-8-12-16-28/h7-22H,1-6H3. The van der Waals surface area contributed by atoms with Crippen molar-refractivity contribution in [2.75, 3.05) is 14.2 Å². The van der Waals surface area contributed by atoms with Gasteiger partial charge in [-0.2, -0.15) is 9.97 Å². The van der Waals surface area contributed by atoms with Crippen LogP contribution in [0, 0.1) is 39.3 Å². The Labute approximate surface area is 289 Å². The number of methoxy groups -OCH3 is 2. The topological polar surface area (TPSA) is 92.7 Å². The lowest BCUT2D eigenvalue weighted by Crippen LogP contribution is -2.31. The molecule has 1 aromatic heterocycles. The predicted octanol–water partition coefficient (Wildman–Crippen LogP) is 8.29. The molecule has 5 aromatic carbocycles. The lowest BCUT2D eigenvalue weighted by molar-refractivity contribution is 0.398. The summed E-state index contributed by atoms with van der Waals surface area (Å²) in [5.74, 6) is -0.327. The number of benzene rings is 5. The van der Waals surface area contributed by atoms with E-state index in [-0.39, 0.29) is 34.0 Å². The lowest BCUT2D eigenvalue weighted by Gasteiger charge is -2.25. The van der Waals surface area contributed by atoms with Gasteiger partial charge in [-0.15, -0.1) is 4.98 Å². The number of hydrogen-bond acceptors (Lipinski definition) is 8. The molecule has 0 radical (unpaired) electrons. The highest BCUT2D eigenvalue weighted by molar-refractivity contribution is 7.85. The molecule has 0 fully saturated rings. The van der Waals surface area contributed by atoms with E-state index in [0.29, 0.717) is 45.3 Å². The first kappa shape index (κ1) is 34.3. The minimum atomic E-state index is -4.30. The Morgan fingerprint density at radius 2 is 1.00 bits per heavy atom. The van der Waals surface area contributed by atoms with Gasteiger partial charge in [-0.05, 0) is 111 Å². The average Bonchev–Trinajstić information content (AvgIpc) is 3.08. The van der Waals surface area contributed by atoms with Gasteiger partial charge in [0.1, 0.15) is 34.6 Å². The second-order valence-corrected chi connectivity index (χ2v) is 14.3. The normalized spacial score (nSPS) is 11.3. The van der Waals surface area contributed by atoms with Crippen molar-refractivity contribution in [3.05, 3.63) is 131 Å². The van der Waals surface area contributed by atoms with Crippen molar-refractivity contribution in [1.29, 1.82) is 0 Å². The van der Waals surface area contributed by atoms with Crippen LogP contribution in [0.4, 0.5) is 8.78 Å². The number of nitrogens with zero attached hydrogens (tertiary/aromatic N) is 3. The summed E-state index contributed by atoms with van der Waals surface area (Å²) in [5.41, 5.74) is 2.40. The third kappa shape index (κ3) is 6.54. The second kappa shape index (κ2) is 14.1. The molecule has 6 rings (SSSR count). The van der Waals surface area contributed by atoms with E-state index in [1.807, 2.05) is 12.1 Å². The fourth-order valence-electron chi connectivity index (χ4n) is 6.01. The smallest absolute Gasteiger partial charge is 0.328 e. The van der Waals surface area contributed by atoms with Crippen LogP contribution in [0.5, 0.6) is 35.0 Å². The summed E-state index contributed by atoms with van der Waals surface area (Å²) in [5, 5.41) is -0.174. The highest BCUT2D eigenvalue weighted by atomic mass is 31.2. The molecule has 0 spiro atoms. The Balaban J connectivity index is 1.60. The molecular weight excluding hydrogens is 659 g/mol. The minimum Gasteiger partial charge on any atom is -0.496 e. The molecule has 0 aliphatic carbocycles. The maximum atomic E-state index is 17.3. The molecule has 0 bridgehead atoms. The summed E-state index contributed by atoms with van der Waals surface area (Å²) in [6, 6.07) is 26.0. The van der Waals surface area contributed by atoms with E-state index in [0.717, 1.165) is 6.07 Å². The molecule has 0 N–H and O–H groups in total. The molecule has 0 unspecified atom stereocenters. The van der Waals surface area contributed by atoms with Crippen molar-refractivity contribution in [2.45, 2.75) is 27.7 Å². The molecule has 0 aliphatic rings. The zero-order valence-corrected chi connectivity index (χ0v) is 29.2. The maximum absolute atomic E-state index is 17.3. The van der Waals surface area contributed by atoms with E-state index in [9.17, 15) is 0 Å². The summed E-state index contributed by atoms with van der Waals surface area (Å²) >= 11 is 0. The van der Waals surface area contributed by atoms with Crippen LogP contribution in [0.25, 0.3) is 11.4 Å². The van der Waals surface area contributed by atoms with Gasteiger partial charge in [-0.1, -0.05) is 36.4 Å². The van der Waals surface area contributed by atoms with Crippen molar-refractivity contribution in [2.24, 2.45) is 0 Å². The van der Waals surface area contributed by atoms with E-state index in [2.05, 4.69) is 15.0 Å². The fourth-order valence-corrected chi connectivity index (χ4v) is 9.10. The van der Waals surface area contributed by atoms with Crippen LogP contribution in [0.2, 0.25) is 0 Å². The molecule has 0 atom stereocenters. The average molecular weight is 694 g/mol. The molecular formula is C39H34F2N3O5P. The van der Waals surface area contributed by atoms with E-state index in [4.69, 9.17) is 18.9 Å². The molecule has 6 aromatic rings. The van der Waals surface area contributed by atoms with Gasteiger partial charge in [0.2, 0.25) is 0 Å². The number of halogens is 2. The highest BCUT2D eigenvalue weighted by Crippen LogP contribution is 2.47. The van der Waals surface area contributed by atoms with Crippen molar-refractivity contribution in [3.63, 3.8) is 0 Å². The van der Waals surface area contributed by atoms with Crippen LogP contribution in [0.15, 0.2) is 97.1 Å². The second-order valence-electron chi connectivity index (χ2n) is 11.6. The highest BCUT2D eigenvalue weighted by Gasteiger charge is 2.38. The van der Waals surface area contributed by atoms with Crippen molar-refractivity contribution < 1.29 is 32.3 Å². The van der Waals surface area contributed by atoms with E-state index < -0.39 is 24.1 Å². The predicted molar refractivity (Wildman–Crippen MR) is 190 cm³/mol. The SMILES string of the molecule is COc1c(C)cc(P(=O)(c2cc(C)c(OC)c(C)c2)c2c(F)ccc(-c3nc(Oc4ccccc4)nc(Oc4ccccc4)n3)c2F)cc1C. The Kier molecular flexibility index (Phi) is 9.66. The molecule has 254 valence electrons. The number of ether oxygens (including phenoxy) is 4. The van der Waals surface area contributed by atoms with E-state index >= 15 is 13.3 Å². The zero-order valence-electron chi connectivity index (χ0n) is 28.3. The van der Waals surface area contributed by atoms with Crippen molar-refractivity contribution in [3.8, 4) is 46.4 Å². The molecule has 1 heterocycles. The van der Waals surface area contributed by atoms with Gasteiger partial charge < -0.3 is 23.5 Å². The van der Waals surface area contributed by atoms with Crippen LogP contribution in [-0.2, 0) is 4.57 Å². The van der Waals surface area contributed by atoms with Gasteiger partial charge in [0.15, 0.2) is 13.0 Å². The van der Waals surface area contributed by atoms with Crippen molar-refractivity contribution >= 4 is 23.1 Å². The number of aryl methyl sites for hydroxylation is 4. The minimum absolute atomic E-state index is 0.191. The Morgan fingerprint density at radius 1 is 0.580 bits per heavy atom. The summed E-state index contributed by atoms with van der Waals surface area (Å²) in [6.07, 6.45) is 0. The first-order valence-electron chi connectivity index (χ1n) is 15.7. The van der Waals surface area contributed by atoms with Crippen LogP contribution >= 0.6 is 7.14 Å². The number of para-hydroxylation sites is 2. The summed E-state index contributed by atoms with van der Waals surface area (Å²) < 4.78 is 72.2. The molecule has 11 heteroatoms.